The van der Waals surface area contributed by atoms with Crippen molar-refractivity contribution in [2.45, 2.75) is 0 Å². The van der Waals surface area contributed by atoms with E-state index in [1.165, 1.54) is 11.3 Å². The number of rotatable bonds is 3. The molecule has 2 aliphatic heterocycles. The smallest absolute Gasteiger partial charge is 0.266 e. The van der Waals surface area contributed by atoms with Crippen molar-refractivity contribution < 1.29 is 9.59 Å². The van der Waals surface area contributed by atoms with E-state index >= 15 is 0 Å². The van der Waals surface area contributed by atoms with Gasteiger partial charge in [0, 0.05) is 44.1 Å². The van der Waals surface area contributed by atoms with Crippen LogP contribution in [0.1, 0.15) is 20.0 Å². The number of nitrogens with zero attached hydrogens (tertiary/aromatic N) is 2. The average molecular weight is 342 g/mol. The first-order valence-corrected chi connectivity index (χ1v) is 8.89. The molecule has 2 aromatic heterocycles. The molecule has 0 spiro atoms. The topological polar surface area (TPSA) is 74.3 Å². The molecule has 7 heteroatoms. The van der Waals surface area contributed by atoms with Gasteiger partial charge in [-0.3, -0.25) is 14.6 Å². The van der Waals surface area contributed by atoms with Gasteiger partial charge in [0.25, 0.3) is 11.8 Å². The number of nitrogens with one attached hydrogen (secondary N) is 2. The maximum absolute atomic E-state index is 12.8. The van der Waals surface area contributed by atoms with Crippen LogP contribution in [-0.4, -0.2) is 47.9 Å². The summed E-state index contributed by atoms with van der Waals surface area (Å²) >= 11 is 1.38. The predicted octanol–water partition coefficient (Wildman–Crippen LogP) is 1.69. The zero-order valence-electron chi connectivity index (χ0n) is 13.1. The molecule has 4 heterocycles. The highest BCUT2D eigenvalue weighted by Gasteiger charge is 2.39. The van der Waals surface area contributed by atoms with Gasteiger partial charge in [0.2, 0.25) is 0 Å². The number of likely N-dealkylation sites (tertiary alicyclic amines) is 1. The monoisotopic (exact) mass is 342 g/mol. The van der Waals surface area contributed by atoms with E-state index in [2.05, 4.69) is 15.6 Å². The third-order valence-electron chi connectivity index (χ3n) is 4.73. The first kappa shape index (κ1) is 15.3. The number of carbonyl (C=O) groups excluding carboxylic acids is 2. The van der Waals surface area contributed by atoms with Gasteiger partial charge < -0.3 is 15.5 Å². The van der Waals surface area contributed by atoms with Crippen LogP contribution < -0.4 is 10.6 Å². The molecule has 0 bridgehead atoms. The summed E-state index contributed by atoms with van der Waals surface area (Å²) in [5.74, 6) is 0.907. The molecule has 0 saturated carbocycles. The van der Waals surface area contributed by atoms with Crippen LogP contribution in [0, 0.1) is 11.8 Å². The minimum atomic E-state index is -0.229. The zero-order valence-corrected chi connectivity index (χ0v) is 13.9. The van der Waals surface area contributed by atoms with E-state index in [4.69, 9.17) is 0 Å². The molecule has 0 radical (unpaired) electrons. The van der Waals surface area contributed by atoms with Crippen LogP contribution in [0.15, 0.2) is 36.0 Å². The van der Waals surface area contributed by atoms with Crippen molar-refractivity contribution >= 4 is 28.8 Å². The van der Waals surface area contributed by atoms with Gasteiger partial charge in [-0.1, -0.05) is 0 Å². The number of thiophene rings is 1. The minimum absolute atomic E-state index is 0.0180. The maximum atomic E-state index is 12.8. The Balaban J connectivity index is 1.48. The van der Waals surface area contributed by atoms with Crippen LogP contribution in [0.4, 0.5) is 5.69 Å². The van der Waals surface area contributed by atoms with E-state index in [0.717, 1.165) is 26.2 Å². The summed E-state index contributed by atoms with van der Waals surface area (Å²) in [6.07, 6.45) is 3.15. The molecule has 2 N–H and O–H groups in total. The van der Waals surface area contributed by atoms with Crippen molar-refractivity contribution in [3.63, 3.8) is 0 Å². The van der Waals surface area contributed by atoms with Gasteiger partial charge in [0.1, 0.15) is 4.88 Å². The normalized spacial score (nSPS) is 22.4. The highest BCUT2D eigenvalue weighted by molar-refractivity contribution is 7.12. The number of anilines is 1. The van der Waals surface area contributed by atoms with Gasteiger partial charge in [-0.15, -0.1) is 11.3 Å². The molecule has 2 aliphatic rings. The van der Waals surface area contributed by atoms with Crippen molar-refractivity contribution in [3.8, 4) is 0 Å². The lowest BCUT2D eigenvalue weighted by atomic mass is 10.0. The molecular formula is C17H18N4O2S. The van der Waals surface area contributed by atoms with Gasteiger partial charge in [-0.2, -0.15) is 0 Å². The number of amides is 2. The number of pyridine rings is 1. The standard InChI is InChI=1S/C17H18N4O2S/c22-16(11-1-4-18-5-2-11)20-14-3-6-24-15(14)17(23)21-9-12-7-19-8-13(12)10-21/h1-6,12-13,19H,7-10H2,(H,20,22)/t12-,13+. The Morgan fingerprint density at radius 1 is 1.17 bits per heavy atom. The molecule has 0 aliphatic carbocycles. The van der Waals surface area contributed by atoms with E-state index < -0.39 is 0 Å². The highest BCUT2D eigenvalue weighted by Crippen LogP contribution is 2.31. The number of hydrogen-bond donors (Lipinski definition) is 2. The Morgan fingerprint density at radius 3 is 2.58 bits per heavy atom. The van der Waals surface area contributed by atoms with Gasteiger partial charge in [0.15, 0.2) is 0 Å². The molecule has 2 atom stereocenters. The first-order chi connectivity index (χ1) is 11.7. The number of fused-ring (bicyclic) bond motifs is 1. The van der Waals surface area contributed by atoms with Crippen LogP contribution in [0.25, 0.3) is 0 Å². The number of carbonyl (C=O) groups is 2. The fraction of sp³-hybridized carbons (Fsp3) is 0.353. The summed E-state index contributed by atoms with van der Waals surface area (Å²) in [4.78, 5) is 31.6. The van der Waals surface area contributed by atoms with E-state index in [9.17, 15) is 9.59 Å². The number of aromatic nitrogens is 1. The maximum Gasteiger partial charge on any atom is 0.266 e. The van der Waals surface area contributed by atoms with Crippen molar-refractivity contribution in [1.82, 2.24) is 15.2 Å². The van der Waals surface area contributed by atoms with Crippen LogP contribution >= 0.6 is 11.3 Å². The van der Waals surface area contributed by atoms with Crippen LogP contribution in [0.5, 0.6) is 0 Å². The molecule has 24 heavy (non-hydrogen) atoms. The van der Waals surface area contributed by atoms with E-state index in [0.29, 0.717) is 28.0 Å². The molecule has 2 fully saturated rings. The Morgan fingerprint density at radius 2 is 1.88 bits per heavy atom. The first-order valence-electron chi connectivity index (χ1n) is 8.01. The summed E-state index contributed by atoms with van der Waals surface area (Å²) in [5.41, 5.74) is 1.11. The third kappa shape index (κ3) is 2.81. The summed E-state index contributed by atoms with van der Waals surface area (Å²) in [7, 11) is 0. The summed E-state index contributed by atoms with van der Waals surface area (Å²) < 4.78 is 0. The Bertz CT molecular complexity index is 749. The van der Waals surface area contributed by atoms with Crippen molar-refractivity contribution in [1.29, 1.82) is 0 Å². The van der Waals surface area contributed by atoms with Gasteiger partial charge in [0.05, 0.1) is 5.69 Å². The molecule has 124 valence electrons. The van der Waals surface area contributed by atoms with Crippen molar-refractivity contribution in [2.75, 3.05) is 31.5 Å². The summed E-state index contributed by atoms with van der Waals surface area (Å²) in [6.45, 7) is 3.58. The molecule has 0 aromatic carbocycles. The third-order valence-corrected chi connectivity index (χ3v) is 5.63. The lowest BCUT2D eigenvalue weighted by Crippen LogP contribution is -2.32. The second kappa shape index (κ2) is 6.33. The molecular weight excluding hydrogens is 324 g/mol. The molecule has 2 aromatic rings. The summed E-state index contributed by atoms with van der Waals surface area (Å²) in [6, 6.07) is 5.09. The van der Waals surface area contributed by atoms with Gasteiger partial charge >= 0.3 is 0 Å². The Hall–Kier alpha value is -2.25. The molecule has 2 amide bonds. The van der Waals surface area contributed by atoms with E-state index in [-0.39, 0.29) is 11.8 Å². The van der Waals surface area contributed by atoms with Gasteiger partial charge in [-0.25, -0.2) is 0 Å². The fourth-order valence-corrected chi connectivity index (χ4v) is 4.25. The highest BCUT2D eigenvalue weighted by atomic mass is 32.1. The van der Waals surface area contributed by atoms with Crippen LogP contribution in [0.3, 0.4) is 0 Å². The van der Waals surface area contributed by atoms with Crippen LogP contribution in [0.2, 0.25) is 0 Å². The lowest BCUT2D eigenvalue weighted by molar-refractivity contribution is 0.0787. The van der Waals surface area contributed by atoms with Crippen LogP contribution in [-0.2, 0) is 0 Å². The fourth-order valence-electron chi connectivity index (χ4n) is 3.44. The molecule has 0 unspecified atom stereocenters. The minimum Gasteiger partial charge on any atom is -0.337 e. The number of hydrogen-bond acceptors (Lipinski definition) is 5. The second-order valence-electron chi connectivity index (χ2n) is 6.24. The summed E-state index contributed by atoms with van der Waals surface area (Å²) in [5, 5.41) is 8.06. The van der Waals surface area contributed by atoms with Gasteiger partial charge in [-0.05, 0) is 35.4 Å². The predicted molar refractivity (Wildman–Crippen MR) is 92.3 cm³/mol. The van der Waals surface area contributed by atoms with Crippen molar-refractivity contribution in [2.24, 2.45) is 11.8 Å². The molecule has 2 saturated heterocycles. The SMILES string of the molecule is O=C(Nc1ccsc1C(=O)N1C[C@H]2CNC[C@H]2C1)c1ccncc1. The Kier molecular flexibility index (Phi) is 4.03. The molecule has 4 rings (SSSR count). The lowest BCUT2D eigenvalue weighted by Gasteiger charge is -2.17. The molecule has 6 nitrogen and oxygen atoms in total. The van der Waals surface area contributed by atoms with E-state index in [1.807, 2.05) is 10.3 Å². The second-order valence-corrected chi connectivity index (χ2v) is 7.16. The quantitative estimate of drug-likeness (QED) is 0.890. The Labute approximate surface area is 143 Å². The van der Waals surface area contributed by atoms with Crippen molar-refractivity contribution in [3.05, 3.63) is 46.4 Å². The zero-order chi connectivity index (χ0) is 16.5. The van der Waals surface area contributed by atoms with E-state index in [1.54, 1.807) is 30.6 Å². The average Bonchev–Trinajstić information content (AvgIpc) is 3.30. The largest absolute Gasteiger partial charge is 0.337 e.